The van der Waals surface area contributed by atoms with Crippen LogP contribution in [-0.4, -0.2) is 33.5 Å². The molecule has 1 N–H and O–H groups in total. The van der Waals surface area contributed by atoms with E-state index in [0.29, 0.717) is 11.1 Å². The van der Waals surface area contributed by atoms with Gasteiger partial charge in [0.25, 0.3) is 0 Å². The summed E-state index contributed by atoms with van der Waals surface area (Å²) in [6, 6.07) is 23.7. The Labute approximate surface area is 217 Å². The van der Waals surface area contributed by atoms with Crippen molar-refractivity contribution in [1.82, 2.24) is 14.8 Å². The van der Waals surface area contributed by atoms with E-state index in [9.17, 15) is 4.79 Å². The van der Waals surface area contributed by atoms with Crippen LogP contribution < -0.4 is 10.1 Å². The molecule has 0 saturated carbocycles. The second kappa shape index (κ2) is 11.1. The zero-order valence-corrected chi connectivity index (χ0v) is 22.1. The molecule has 0 unspecified atom stereocenters. The molecule has 4 rings (SSSR count). The molecule has 8 heteroatoms. The molecule has 34 heavy (non-hydrogen) atoms. The summed E-state index contributed by atoms with van der Waals surface area (Å²) in [6.07, 6.45) is 0. The van der Waals surface area contributed by atoms with Crippen molar-refractivity contribution in [3.63, 3.8) is 0 Å². The summed E-state index contributed by atoms with van der Waals surface area (Å²) in [7, 11) is 1.65. The van der Waals surface area contributed by atoms with Crippen LogP contribution in [0.15, 0.2) is 78.0 Å². The van der Waals surface area contributed by atoms with Crippen molar-refractivity contribution < 1.29 is 9.53 Å². The molecule has 4 aromatic rings. The lowest BCUT2D eigenvalue weighted by molar-refractivity contribution is -0.113. The molecule has 0 aliphatic rings. The SMILES string of the molecule is COc1ccc(-c2nnc(SCC(=O)Nc3ccc(I)cc3)n2-c2ccccc2C(C)C)cc1. The van der Waals surface area contributed by atoms with E-state index in [1.54, 1.807) is 7.11 Å². The second-order valence-corrected chi connectivity index (χ2v) is 10.1. The molecule has 6 nitrogen and oxygen atoms in total. The highest BCUT2D eigenvalue weighted by Gasteiger charge is 2.20. The van der Waals surface area contributed by atoms with Crippen molar-refractivity contribution in [3.8, 4) is 22.8 Å². The number of nitrogens with one attached hydrogen (secondary N) is 1. The van der Waals surface area contributed by atoms with Gasteiger partial charge in [0.15, 0.2) is 11.0 Å². The van der Waals surface area contributed by atoms with Crippen LogP contribution in [0.3, 0.4) is 0 Å². The first kappa shape index (κ1) is 24.3. The second-order valence-electron chi connectivity index (χ2n) is 7.93. The smallest absolute Gasteiger partial charge is 0.234 e. The fraction of sp³-hybridized carbons (Fsp3) is 0.192. The Morgan fingerprint density at radius 1 is 1.03 bits per heavy atom. The molecule has 174 valence electrons. The summed E-state index contributed by atoms with van der Waals surface area (Å²) >= 11 is 3.61. The maximum absolute atomic E-state index is 12.6. The third-order valence-corrected chi connectivity index (χ3v) is 6.89. The number of para-hydroxylation sites is 1. The van der Waals surface area contributed by atoms with Crippen molar-refractivity contribution in [2.24, 2.45) is 0 Å². The number of carbonyl (C=O) groups excluding carboxylic acids is 1. The normalized spacial score (nSPS) is 11.0. The van der Waals surface area contributed by atoms with E-state index in [2.05, 4.69) is 64.1 Å². The Morgan fingerprint density at radius 3 is 2.41 bits per heavy atom. The van der Waals surface area contributed by atoms with Crippen LogP contribution in [0.1, 0.15) is 25.3 Å². The first-order chi connectivity index (χ1) is 16.5. The molecule has 3 aromatic carbocycles. The van der Waals surface area contributed by atoms with Gasteiger partial charge in [-0.15, -0.1) is 10.2 Å². The molecule has 0 atom stereocenters. The highest BCUT2D eigenvalue weighted by molar-refractivity contribution is 14.1. The van der Waals surface area contributed by atoms with E-state index < -0.39 is 0 Å². The first-order valence-corrected chi connectivity index (χ1v) is 12.9. The van der Waals surface area contributed by atoms with Crippen LogP contribution >= 0.6 is 34.4 Å². The summed E-state index contributed by atoms with van der Waals surface area (Å²) in [5.74, 6) is 1.93. The molecule has 0 saturated heterocycles. The molecule has 0 radical (unpaired) electrons. The quantitative estimate of drug-likeness (QED) is 0.192. The van der Waals surface area contributed by atoms with Gasteiger partial charge in [0.05, 0.1) is 18.6 Å². The fourth-order valence-electron chi connectivity index (χ4n) is 3.55. The lowest BCUT2D eigenvalue weighted by atomic mass is 10.0. The number of rotatable bonds is 8. The van der Waals surface area contributed by atoms with Crippen LogP contribution in [0.25, 0.3) is 17.1 Å². The minimum absolute atomic E-state index is 0.0936. The number of hydrogen-bond donors (Lipinski definition) is 1. The molecular formula is C26H25IN4O2S. The molecule has 0 spiro atoms. The number of methoxy groups -OCH3 is 1. The van der Waals surface area contributed by atoms with Crippen molar-refractivity contribution in [1.29, 1.82) is 0 Å². The van der Waals surface area contributed by atoms with Gasteiger partial charge in [-0.2, -0.15) is 0 Å². The fourth-order valence-corrected chi connectivity index (χ4v) is 4.65. The molecule has 1 amide bonds. The maximum atomic E-state index is 12.6. The number of nitrogens with zero attached hydrogens (tertiary/aromatic N) is 3. The van der Waals surface area contributed by atoms with Gasteiger partial charge < -0.3 is 10.1 Å². The number of aromatic nitrogens is 3. The van der Waals surface area contributed by atoms with Crippen LogP contribution in [0.5, 0.6) is 5.75 Å². The van der Waals surface area contributed by atoms with Crippen molar-refractivity contribution in [2.45, 2.75) is 24.9 Å². The van der Waals surface area contributed by atoms with E-state index in [-0.39, 0.29) is 11.7 Å². The van der Waals surface area contributed by atoms with Crippen LogP contribution in [-0.2, 0) is 4.79 Å². The zero-order chi connectivity index (χ0) is 24.1. The predicted molar refractivity (Wildman–Crippen MR) is 146 cm³/mol. The summed E-state index contributed by atoms with van der Waals surface area (Å²) in [6.45, 7) is 4.33. The van der Waals surface area contributed by atoms with Gasteiger partial charge in [0.2, 0.25) is 5.91 Å². The minimum Gasteiger partial charge on any atom is -0.497 e. The zero-order valence-electron chi connectivity index (χ0n) is 19.2. The Morgan fingerprint density at radius 2 is 1.74 bits per heavy atom. The maximum Gasteiger partial charge on any atom is 0.234 e. The van der Waals surface area contributed by atoms with Crippen LogP contribution in [0, 0.1) is 3.57 Å². The average molecular weight is 584 g/mol. The molecular weight excluding hydrogens is 559 g/mol. The molecule has 0 bridgehead atoms. The largest absolute Gasteiger partial charge is 0.497 e. The third kappa shape index (κ3) is 5.61. The molecule has 1 aromatic heterocycles. The van der Waals surface area contributed by atoms with E-state index in [4.69, 9.17) is 4.74 Å². The number of benzene rings is 3. The predicted octanol–water partition coefficient (Wildman–Crippen LogP) is 6.40. The summed E-state index contributed by atoms with van der Waals surface area (Å²) < 4.78 is 8.46. The summed E-state index contributed by atoms with van der Waals surface area (Å²) in [4.78, 5) is 12.6. The van der Waals surface area contributed by atoms with Crippen molar-refractivity contribution in [2.75, 3.05) is 18.2 Å². The number of ether oxygens (including phenoxy) is 1. The number of carbonyl (C=O) groups is 1. The Hall–Kier alpha value is -2.85. The van der Waals surface area contributed by atoms with Gasteiger partial charge in [-0.1, -0.05) is 43.8 Å². The van der Waals surface area contributed by atoms with Gasteiger partial charge in [0, 0.05) is 14.8 Å². The van der Waals surface area contributed by atoms with Gasteiger partial charge in [-0.25, -0.2) is 0 Å². The Kier molecular flexibility index (Phi) is 7.89. The lowest BCUT2D eigenvalue weighted by Crippen LogP contribution is -2.14. The van der Waals surface area contributed by atoms with E-state index in [1.807, 2.05) is 65.2 Å². The summed E-state index contributed by atoms with van der Waals surface area (Å²) in [5.41, 5.74) is 3.88. The molecule has 0 aliphatic carbocycles. The standard InChI is InChI=1S/C26H25IN4O2S/c1-17(2)22-6-4-5-7-23(22)31-25(18-8-14-21(33-3)15-9-18)29-30-26(31)34-16-24(32)28-20-12-10-19(27)11-13-20/h4-15,17H,16H2,1-3H3,(H,28,32). The monoisotopic (exact) mass is 584 g/mol. The van der Waals surface area contributed by atoms with Crippen molar-refractivity contribution in [3.05, 3.63) is 81.9 Å². The van der Waals surface area contributed by atoms with E-state index >= 15 is 0 Å². The number of halogens is 1. The van der Waals surface area contributed by atoms with Gasteiger partial charge >= 0.3 is 0 Å². The van der Waals surface area contributed by atoms with Crippen LogP contribution in [0.2, 0.25) is 0 Å². The molecule has 0 aliphatic heterocycles. The van der Waals surface area contributed by atoms with Crippen LogP contribution in [0.4, 0.5) is 5.69 Å². The highest BCUT2D eigenvalue weighted by atomic mass is 127. The Balaban J connectivity index is 1.66. The first-order valence-electron chi connectivity index (χ1n) is 10.8. The van der Waals surface area contributed by atoms with Gasteiger partial charge in [0.1, 0.15) is 5.75 Å². The topological polar surface area (TPSA) is 69.0 Å². The van der Waals surface area contributed by atoms with Gasteiger partial charge in [-0.3, -0.25) is 9.36 Å². The highest BCUT2D eigenvalue weighted by Crippen LogP contribution is 2.32. The summed E-state index contributed by atoms with van der Waals surface area (Å²) in [5, 5.41) is 12.6. The third-order valence-electron chi connectivity index (χ3n) is 5.24. The number of hydrogen-bond acceptors (Lipinski definition) is 5. The lowest BCUT2D eigenvalue weighted by Gasteiger charge is -2.17. The van der Waals surface area contributed by atoms with E-state index in [0.717, 1.165) is 32.1 Å². The minimum atomic E-state index is -0.0936. The van der Waals surface area contributed by atoms with Gasteiger partial charge in [-0.05, 0) is 88.7 Å². The van der Waals surface area contributed by atoms with Crippen molar-refractivity contribution >= 4 is 45.9 Å². The number of thioether (sulfide) groups is 1. The Bertz CT molecular complexity index is 1270. The van der Waals surface area contributed by atoms with E-state index in [1.165, 1.54) is 17.3 Å². The average Bonchev–Trinajstić information content (AvgIpc) is 3.28. The number of anilines is 1. The molecule has 1 heterocycles. The molecule has 0 fully saturated rings. The number of amides is 1.